The van der Waals surface area contributed by atoms with Gasteiger partial charge < -0.3 is 35.8 Å². The zero-order valence-electron chi connectivity index (χ0n) is 30.2. The molecular formula is C40H46FN4O8P. The Balaban J connectivity index is 1.22. The van der Waals surface area contributed by atoms with Gasteiger partial charge in [-0.05, 0) is 85.2 Å². The number of phosphoric ester groups is 1. The number of H-pyrrole nitrogens is 1. The molecule has 4 aromatic rings. The van der Waals surface area contributed by atoms with Gasteiger partial charge in [-0.15, -0.1) is 0 Å². The van der Waals surface area contributed by atoms with Gasteiger partial charge >= 0.3 is 7.82 Å². The van der Waals surface area contributed by atoms with Crippen molar-refractivity contribution in [3.8, 4) is 11.1 Å². The predicted molar refractivity (Wildman–Crippen MR) is 204 cm³/mol. The number of phosphoric acid groups is 1. The maximum atomic E-state index is 14.0. The Morgan fingerprint density at radius 1 is 1.00 bits per heavy atom. The second-order valence-corrected chi connectivity index (χ2v) is 14.7. The number of hydrogen-bond donors (Lipinski definition) is 7. The van der Waals surface area contributed by atoms with E-state index in [2.05, 4.69) is 25.5 Å². The number of nitrogens with one attached hydrogen (secondary N) is 4. The molecule has 14 heteroatoms. The summed E-state index contributed by atoms with van der Waals surface area (Å²) >= 11 is 0. The topological polar surface area (TPSA) is 190 Å². The number of carbonyl (C=O) groups is 3. The predicted octanol–water partition coefficient (Wildman–Crippen LogP) is 5.59. The summed E-state index contributed by atoms with van der Waals surface area (Å²) in [4.78, 5) is 60.7. The molecule has 5 rings (SSSR count). The molecule has 1 aliphatic heterocycles. The number of rotatable bonds is 18. The summed E-state index contributed by atoms with van der Waals surface area (Å²) in [5.74, 6) is -1.90. The first-order chi connectivity index (χ1) is 25.8. The molecule has 0 aliphatic carbocycles. The number of fused-ring (bicyclic) bond motifs is 1. The minimum atomic E-state index is -4.64. The van der Waals surface area contributed by atoms with Gasteiger partial charge in [-0.2, -0.15) is 0 Å². The summed E-state index contributed by atoms with van der Waals surface area (Å²) in [5, 5.41) is 18.1. The quantitative estimate of drug-likeness (QED) is 0.0388. The van der Waals surface area contributed by atoms with Gasteiger partial charge in [0.05, 0.1) is 12.2 Å². The van der Waals surface area contributed by atoms with Crippen molar-refractivity contribution in [1.29, 1.82) is 0 Å². The third kappa shape index (κ3) is 11.1. The summed E-state index contributed by atoms with van der Waals surface area (Å²) < 4.78 is 29.5. The number of amides is 3. The molecule has 0 saturated heterocycles. The Hall–Kier alpha value is -4.91. The molecule has 3 aromatic carbocycles. The molecule has 0 fully saturated rings. The average Bonchev–Trinajstić information content (AvgIpc) is 3.60. The Bertz CT molecular complexity index is 2030. The Labute approximate surface area is 313 Å². The highest BCUT2D eigenvalue weighted by atomic mass is 31.2. The molecule has 1 unspecified atom stereocenters. The largest absolute Gasteiger partial charge is 0.469 e. The van der Waals surface area contributed by atoms with Crippen LogP contribution < -0.4 is 16.0 Å². The normalized spacial score (nSPS) is 14.4. The van der Waals surface area contributed by atoms with Gasteiger partial charge in [0.25, 0.3) is 5.91 Å². The lowest BCUT2D eigenvalue weighted by Gasteiger charge is -2.19. The molecule has 0 radical (unpaired) electrons. The van der Waals surface area contributed by atoms with Crippen LogP contribution in [0.2, 0.25) is 0 Å². The van der Waals surface area contributed by atoms with Crippen LogP contribution in [0.1, 0.15) is 59.3 Å². The van der Waals surface area contributed by atoms with Crippen molar-refractivity contribution in [3.05, 3.63) is 112 Å². The molecule has 7 N–H and O–H groups in total. The maximum absolute atomic E-state index is 14.0. The summed E-state index contributed by atoms with van der Waals surface area (Å²) in [6, 6.07) is 21.0. The molecule has 2 heterocycles. The number of aromatic amines is 1. The fourth-order valence-electron chi connectivity index (χ4n) is 6.52. The van der Waals surface area contributed by atoms with E-state index < -0.39 is 25.6 Å². The number of aromatic nitrogens is 1. The summed E-state index contributed by atoms with van der Waals surface area (Å²) in [5.41, 5.74) is 7.57. The smallest absolute Gasteiger partial charge is 0.396 e. The van der Waals surface area contributed by atoms with E-state index in [1.165, 1.54) is 18.2 Å². The van der Waals surface area contributed by atoms with Gasteiger partial charge in [-0.1, -0.05) is 61.0 Å². The first-order valence-corrected chi connectivity index (χ1v) is 19.4. The minimum absolute atomic E-state index is 0.0973. The first kappa shape index (κ1) is 40.3. The highest BCUT2D eigenvalue weighted by Gasteiger charge is 2.26. The molecule has 0 spiro atoms. The van der Waals surface area contributed by atoms with Crippen LogP contribution in [0, 0.1) is 25.6 Å². The summed E-state index contributed by atoms with van der Waals surface area (Å²) in [7, 11) is -4.64. The lowest BCUT2D eigenvalue weighted by molar-refractivity contribution is -0.129. The SMILES string of the molecule is Cc1[nH]c(/C=C2\C(=O)Nc3ccc(F)cc32)c(C)c1CCC(=O)N[C@@H](Cc1ccc(-c2ccccc2)cc1)C(=O)NCCCCC(CO)COP(=O)(O)O. The first-order valence-electron chi connectivity index (χ1n) is 17.8. The van der Waals surface area contributed by atoms with Gasteiger partial charge in [-0.25, -0.2) is 8.96 Å². The van der Waals surface area contributed by atoms with Crippen LogP contribution in [-0.4, -0.2) is 63.4 Å². The van der Waals surface area contributed by atoms with Gasteiger partial charge in [-0.3, -0.25) is 18.9 Å². The van der Waals surface area contributed by atoms with Crippen LogP contribution in [-0.2, 0) is 36.3 Å². The van der Waals surface area contributed by atoms with E-state index in [1.807, 2.05) is 68.4 Å². The number of anilines is 1. The van der Waals surface area contributed by atoms with Crippen LogP contribution in [0.25, 0.3) is 22.8 Å². The molecule has 286 valence electrons. The number of aryl methyl sites for hydroxylation is 1. The number of aliphatic hydroxyl groups is 1. The minimum Gasteiger partial charge on any atom is -0.396 e. The number of benzene rings is 3. The van der Waals surface area contributed by atoms with E-state index in [0.29, 0.717) is 54.7 Å². The Kier molecular flexibility index (Phi) is 13.7. The molecule has 3 amide bonds. The summed E-state index contributed by atoms with van der Waals surface area (Å²) in [6.07, 6.45) is 3.96. The molecular weight excluding hydrogens is 714 g/mol. The second kappa shape index (κ2) is 18.4. The van der Waals surface area contributed by atoms with Crippen LogP contribution in [0.3, 0.4) is 0 Å². The highest BCUT2D eigenvalue weighted by molar-refractivity contribution is 7.46. The zero-order chi connectivity index (χ0) is 38.8. The van der Waals surface area contributed by atoms with E-state index in [4.69, 9.17) is 9.79 Å². The molecule has 0 bridgehead atoms. The number of aliphatic hydroxyl groups excluding tert-OH is 1. The standard InChI is InChI=1S/C40H46FN4O8P/c1-25-32(26(2)43-36(25)22-34-33-21-31(41)15-17-35(33)45-39(34)48)16-18-38(47)44-37(20-27-11-13-30(14-12-27)29-9-4-3-5-10-29)40(49)42-19-7-6-8-28(23-46)24-53-54(50,51)52/h3-5,9-15,17,21-22,28,37,43,46H,6-8,16,18-20,23-24H2,1-2H3,(H,42,49)(H,44,47)(H,45,48)(H2,50,51,52)/b34-22-/t28?,37-/m0/s1. The molecule has 54 heavy (non-hydrogen) atoms. The van der Waals surface area contributed by atoms with Crippen molar-refractivity contribution < 1.29 is 42.8 Å². The average molecular weight is 761 g/mol. The molecule has 1 aliphatic rings. The molecule has 1 aromatic heterocycles. The lowest BCUT2D eigenvalue weighted by Crippen LogP contribution is -2.48. The fourth-order valence-corrected chi connectivity index (χ4v) is 6.92. The van der Waals surface area contributed by atoms with Crippen molar-refractivity contribution in [1.82, 2.24) is 15.6 Å². The van der Waals surface area contributed by atoms with E-state index in [9.17, 15) is 28.4 Å². The Morgan fingerprint density at radius 3 is 2.43 bits per heavy atom. The van der Waals surface area contributed by atoms with E-state index >= 15 is 0 Å². The molecule has 2 atom stereocenters. The summed E-state index contributed by atoms with van der Waals surface area (Å²) in [6.45, 7) is 3.50. The number of hydrogen-bond acceptors (Lipinski definition) is 6. The number of carbonyl (C=O) groups excluding carboxylic acids is 3. The van der Waals surface area contributed by atoms with Crippen molar-refractivity contribution in [2.24, 2.45) is 5.92 Å². The lowest BCUT2D eigenvalue weighted by atomic mass is 9.99. The van der Waals surface area contributed by atoms with Crippen LogP contribution >= 0.6 is 7.82 Å². The van der Waals surface area contributed by atoms with Crippen molar-refractivity contribution in [3.63, 3.8) is 0 Å². The molecule has 12 nitrogen and oxygen atoms in total. The van der Waals surface area contributed by atoms with E-state index in [0.717, 1.165) is 33.5 Å². The fraction of sp³-hybridized carbons (Fsp3) is 0.325. The van der Waals surface area contributed by atoms with Crippen molar-refractivity contribution >= 4 is 42.9 Å². The Morgan fingerprint density at radius 2 is 1.72 bits per heavy atom. The van der Waals surface area contributed by atoms with Crippen LogP contribution in [0.15, 0.2) is 72.8 Å². The van der Waals surface area contributed by atoms with Gasteiger partial charge in [0.15, 0.2) is 0 Å². The monoisotopic (exact) mass is 760 g/mol. The van der Waals surface area contributed by atoms with Gasteiger partial charge in [0, 0.05) is 54.5 Å². The maximum Gasteiger partial charge on any atom is 0.469 e. The number of halogens is 1. The van der Waals surface area contributed by atoms with Crippen LogP contribution in [0.4, 0.5) is 10.1 Å². The molecule has 0 saturated carbocycles. The zero-order valence-corrected chi connectivity index (χ0v) is 31.1. The van der Waals surface area contributed by atoms with Crippen molar-refractivity contribution in [2.75, 3.05) is 25.1 Å². The van der Waals surface area contributed by atoms with Gasteiger partial charge in [0.2, 0.25) is 11.8 Å². The van der Waals surface area contributed by atoms with E-state index in [-0.39, 0.29) is 43.8 Å². The van der Waals surface area contributed by atoms with E-state index in [1.54, 1.807) is 6.08 Å². The third-order valence-electron chi connectivity index (χ3n) is 9.51. The third-order valence-corrected chi connectivity index (χ3v) is 10.00. The number of unbranched alkanes of at least 4 members (excludes halogenated alkanes) is 1. The highest BCUT2D eigenvalue weighted by Crippen LogP contribution is 2.37. The van der Waals surface area contributed by atoms with Crippen molar-refractivity contribution in [2.45, 2.75) is 58.4 Å². The second-order valence-electron chi connectivity index (χ2n) is 13.5. The van der Waals surface area contributed by atoms with Gasteiger partial charge in [0.1, 0.15) is 11.9 Å². The van der Waals surface area contributed by atoms with Crippen LogP contribution in [0.5, 0.6) is 0 Å².